The number of halogens is 5. The van der Waals surface area contributed by atoms with Crippen molar-refractivity contribution in [2.24, 2.45) is 4.99 Å². The van der Waals surface area contributed by atoms with E-state index in [2.05, 4.69) is 25.4 Å². The van der Waals surface area contributed by atoms with Gasteiger partial charge in [-0.15, -0.1) is 5.10 Å². The van der Waals surface area contributed by atoms with Gasteiger partial charge in [0.15, 0.2) is 5.82 Å². The number of aliphatic imine (C=N–C) groups is 1. The molecule has 0 amide bonds. The maximum Gasteiger partial charge on any atom is 0.390 e. The van der Waals surface area contributed by atoms with Crippen LogP contribution < -0.4 is 5.32 Å². The van der Waals surface area contributed by atoms with E-state index in [1.54, 1.807) is 38.4 Å². The Morgan fingerprint density at radius 2 is 2.00 bits per heavy atom. The molecule has 4 heterocycles. The van der Waals surface area contributed by atoms with E-state index >= 15 is 0 Å². The zero-order valence-corrected chi connectivity index (χ0v) is 16.7. The zero-order chi connectivity index (χ0) is 22.4. The zero-order valence-electron chi connectivity index (χ0n) is 16.7. The summed E-state index contributed by atoms with van der Waals surface area (Å²) in [6.45, 7) is 3.12. The van der Waals surface area contributed by atoms with Crippen LogP contribution in [0.5, 0.6) is 0 Å². The first-order valence-electron chi connectivity index (χ1n) is 9.57. The average molecular weight is 440 g/mol. The lowest BCUT2D eigenvalue weighted by molar-refractivity contribution is -0.131. The van der Waals surface area contributed by atoms with Crippen LogP contribution in [-0.2, 0) is 5.41 Å². The number of fused-ring (bicyclic) bond motifs is 2. The molecular formula is C20H21F5N6. The first-order valence-corrected chi connectivity index (χ1v) is 9.57. The Labute approximate surface area is 175 Å². The van der Waals surface area contributed by atoms with Crippen LogP contribution in [0, 0.1) is 0 Å². The number of nitrogens with zero attached hydrogens (tertiary/aromatic N) is 5. The van der Waals surface area contributed by atoms with Crippen molar-refractivity contribution in [3.05, 3.63) is 36.3 Å². The number of aromatic nitrogens is 4. The van der Waals surface area contributed by atoms with Crippen molar-refractivity contribution in [1.29, 1.82) is 0 Å². The number of hydrogen-bond donors (Lipinski definition) is 1. The highest BCUT2D eigenvalue weighted by Gasteiger charge is 2.40. The summed E-state index contributed by atoms with van der Waals surface area (Å²) >= 11 is 0. The summed E-state index contributed by atoms with van der Waals surface area (Å²) in [5.41, 5.74) is 2.33. The van der Waals surface area contributed by atoms with Crippen molar-refractivity contribution in [1.82, 2.24) is 19.6 Å². The molecule has 0 aliphatic carbocycles. The van der Waals surface area contributed by atoms with Gasteiger partial charge in [-0.2, -0.15) is 13.2 Å². The minimum absolute atomic E-state index is 0. The number of rotatable bonds is 6. The SMILES string of the molecule is CC1=Nc2ncc(-c3ccn4nc(NCCC(F)(F)F)ncc34)cc2C1(C)CC(F)F.[HH]. The summed E-state index contributed by atoms with van der Waals surface area (Å²) in [7, 11) is 0. The molecule has 0 fully saturated rings. The highest BCUT2D eigenvalue weighted by Crippen LogP contribution is 2.44. The van der Waals surface area contributed by atoms with Crippen LogP contribution >= 0.6 is 0 Å². The van der Waals surface area contributed by atoms with Crippen LogP contribution in [-0.4, -0.2) is 44.4 Å². The molecule has 3 aromatic rings. The van der Waals surface area contributed by atoms with Crippen LogP contribution in [0.15, 0.2) is 35.7 Å². The number of alkyl halides is 5. The molecule has 0 saturated heterocycles. The molecule has 0 saturated carbocycles. The smallest absolute Gasteiger partial charge is 0.353 e. The van der Waals surface area contributed by atoms with Crippen molar-refractivity contribution >= 4 is 23.0 Å². The Hall–Kier alpha value is -3.11. The van der Waals surface area contributed by atoms with Crippen molar-refractivity contribution in [2.75, 3.05) is 11.9 Å². The number of anilines is 1. The summed E-state index contributed by atoms with van der Waals surface area (Å²) in [4.78, 5) is 12.8. The third-order valence-corrected chi connectivity index (χ3v) is 5.52. The van der Waals surface area contributed by atoms with E-state index in [1.807, 2.05) is 0 Å². The Bertz CT molecular complexity index is 1160. The van der Waals surface area contributed by atoms with Gasteiger partial charge in [-0.1, -0.05) is 0 Å². The van der Waals surface area contributed by atoms with Gasteiger partial charge in [0.2, 0.25) is 12.4 Å². The number of pyridine rings is 1. The lowest BCUT2D eigenvalue weighted by Crippen LogP contribution is -2.30. The highest BCUT2D eigenvalue weighted by molar-refractivity contribution is 5.99. The van der Waals surface area contributed by atoms with Gasteiger partial charge in [0.25, 0.3) is 0 Å². The second-order valence-corrected chi connectivity index (χ2v) is 7.65. The van der Waals surface area contributed by atoms with Crippen LogP contribution in [0.4, 0.5) is 33.7 Å². The summed E-state index contributed by atoms with van der Waals surface area (Å²) in [5, 5.41) is 6.73. The lowest BCUT2D eigenvalue weighted by Gasteiger charge is -2.25. The van der Waals surface area contributed by atoms with E-state index in [0.29, 0.717) is 28.2 Å². The first-order chi connectivity index (χ1) is 14.6. The fourth-order valence-corrected chi connectivity index (χ4v) is 3.68. The molecule has 3 aromatic heterocycles. The minimum Gasteiger partial charge on any atom is -0.353 e. The van der Waals surface area contributed by atoms with Gasteiger partial charge in [-0.05, 0) is 26.0 Å². The standard InChI is InChI=1S/C20H19F5N6.H2/c1-11-19(2,8-16(21)22)14-7-12(9-27-17(14)29-11)13-3-6-31-15(13)10-28-18(30-31)26-5-4-20(23,24)25;/h3,6-7,9-10,16H,4-5,8H2,1-2H3,(H,26,30);1H. The van der Waals surface area contributed by atoms with Gasteiger partial charge < -0.3 is 5.32 Å². The summed E-state index contributed by atoms with van der Waals surface area (Å²) in [5.74, 6) is 0.500. The van der Waals surface area contributed by atoms with E-state index in [-0.39, 0.29) is 20.3 Å². The van der Waals surface area contributed by atoms with E-state index in [4.69, 9.17) is 0 Å². The number of hydrogen-bond acceptors (Lipinski definition) is 5. The second-order valence-electron chi connectivity index (χ2n) is 7.65. The van der Waals surface area contributed by atoms with Crippen molar-refractivity contribution in [2.45, 2.75) is 44.7 Å². The summed E-state index contributed by atoms with van der Waals surface area (Å²) < 4.78 is 64.8. The highest BCUT2D eigenvalue weighted by atomic mass is 19.4. The molecule has 4 rings (SSSR count). The van der Waals surface area contributed by atoms with Gasteiger partial charge in [0.1, 0.15) is 0 Å². The maximum atomic E-state index is 13.2. The summed E-state index contributed by atoms with van der Waals surface area (Å²) in [6.07, 6.45) is -3.36. The van der Waals surface area contributed by atoms with E-state index in [0.717, 1.165) is 5.56 Å². The Balaban J connectivity index is 0.00000289. The quantitative estimate of drug-likeness (QED) is 0.520. The largest absolute Gasteiger partial charge is 0.390 e. The predicted molar refractivity (Wildman–Crippen MR) is 108 cm³/mol. The molecule has 31 heavy (non-hydrogen) atoms. The van der Waals surface area contributed by atoms with Gasteiger partial charge in [-0.25, -0.2) is 28.3 Å². The van der Waals surface area contributed by atoms with E-state index in [9.17, 15) is 22.0 Å². The second kappa shape index (κ2) is 7.54. The van der Waals surface area contributed by atoms with Crippen molar-refractivity contribution < 1.29 is 23.4 Å². The van der Waals surface area contributed by atoms with E-state index in [1.165, 1.54) is 10.7 Å². The number of nitrogens with one attached hydrogen (secondary N) is 1. The fourth-order valence-electron chi connectivity index (χ4n) is 3.68. The molecule has 1 aliphatic heterocycles. The van der Waals surface area contributed by atoms with Gasteiger partial charge in [0.05, 0.1) is 18.1 Å². The Morgan fingerprint density at radius 1 is 1.23 bits per heavy atom. The molecule has 1 N–H and O–H groups in total. The van der Waals surface area contributed by atoms with Crippen LogP contribution in [0.25, 0.3) is 16.6 Å². The molecule has 1 aliphatic rings. The minimum atomic E-state index is -4.26. The topological polar surface area (TPSA) is 67.5 Å². The molecular weight excluding hydrogens is 419 g/mol. The third kappa shape index (κ3) is 4.08. The molecule has 1 unspecified atom stereocenters. The first kappa shape index (κ1) is 21.1. The predicted octanol–water partition coefficient (Wildman–Crippen LogP) is 5.42. The van der Waals surface area contributed by atoms with Crippen molar-refractivity contribution in [3.63, 3.8) is 0 Å². The Kier molecular flexibility index (Phi) is 5.14. The monoisotopic (exact) mass is 440 g/mol. The van der Waals surface area contributed by atoms with Crippen LogP contribution in [0.3, 0.4) is 0 Å². The molecule has 0 spiro atoms. The molecule has 166 valence electrons. The van der Waals surface area contributed by atoms with Gasteiger partial charge in [0, 0.05) is 54.6 Å². The molecule has 6 nitrogen and oxygen atoms in total. The van der Waals surface area contributed by atoms with E-state index < -0.39 is 24.4 Å². The van der Waals surface area contributed by atoms with Gasteiger partial charge in [-0.3, -0.25) is 0 Å². The molecule has 1 atom stereocenters. The lowest BCUT2D eigenvalue weighted by atomic mass is 9.77. The van der Waals surface area contributed by atoms with Crippen LogP contribution in [0.2, 0.25) is 0 Å². The molecule has 0 bridgehead atoms. The molecule has 0 radical (unpaired) electrons. The molecule has 0 aromatic carbocycles. The third-order valence-electron chi connectivity index (χ3n) is 5.52. The van der Waals surface area contributed by atoms with Crippen LogP contribution in [0.1, 0.15) is 33.7 Å². The normalized spacial score (nSPS) is 18.5. The Morgan fingerprint density at radius 3 is 2.71 bits per heavy atom. The maximum absolute atomic E-state index is 13.2. The average Bonchev–Trinajstić information content (AvgIpc) is 3.19. The van der Waals surface area contributed by atoms with Crippen molar-refractivity contribution in [3.8, 4) is 11.1 Å². The summed E-state index contributed by atoms with van der Waals surface area (Å²) in [6, 6.07) is 3.57. The molecule has 11 heteroatoms. The van der Waals surface area contributed by atoms with Gasteiger partial charge >= 0.3 is 6.18 Å². The fraction of sp³-hybridized carbons (Fsp3) is 0.400.